The van der Waals surface area contributed by atoms with Crippen LogP contribution in [0.1, 0.15) is 29.3 Å². The highest BCUT2D eigenvalue weighted by molar-refractivity contribution is 7.73. The monoisotopic (exact) mass is 491 g/mol. The predicted octanol–water partition coefficient (Wildman–Crippen LogP) is 4.07. The third kappa shape index (κ3) is 8.12. The van der Waals surface area contributed by atoms with E-state index < -0.39 is 23.8 Å². The van der Waals surface area contributed by atoms with Crippen LogP contribution in [0.5, 0.6) is 0 Å². The molecule has 0 aliphatic carbocycles. The summed E-state index contributed by atoms with van der Waals surface area (Å²) in [5.74, 6) is -1.73. The van der Waals surface area contributed by atoms with Crippen LogP contribution in [0.2, 0.25) is 0 Å². The number of hydrogen-bond acceptors (Lipinski definition) is 5. The van der Waals surface area contributed by atoms with Gasteiger partial charge in [0.05, 0.1) is 18.6 Å². The van der Waals surface area contributed by atoms with Gasteiger partial charge in [0.1, 0.15) is 11.6 Å². The minimum atomic E-state index is -0.976. The molecule has 4 N–H and O–H groups in total. The fourth-order valence-corrected chi connectivity index (χ4v) is 4.42. The van der Waals surface area contributed by atoms with E-state index in [1.54, 1.807) is 5.38 Å². The fraction of sp³-hybridized carbons (Fsp3) is 0.333. The highest BCUT2D eigenvalue weighted by Gasteiger charge is 2.22. The molecule has 0 unspecified atom stereocenters. The van der Waals surface area contributed by atoms with Crippen molar-refractivity contribution in [2.45, 2.75) is 44.9 Å². The van der Waals surface area contributed by atoms with E-state index in [0.717, 1.165) is 18.1 Å². The molecule has 176 valence electrons. The molecular weight excluding hydrogens is 464 g/mol. The molecule has 0 bridgehead atoms. The van der Waals surface area contributed by atoms with Gasteiger partial charge in [-0.2, -0.15) is 0 Å². The Kier molecular flexibility index (Phi) is 9.25. The molecule has 33 heavy (non-hydrogen) atoms. The summed E-state index contributed by atoms with van der Waals surface area (Å²) in [6.45, 7) is 2.83. The third-order valence-electron chi connectivity index (χ3n) is 5.19. The van der Waals surface area contributed by atoms with E-state index in [1.165, 1.54) is 29.0 Å². The Morgan fingerprint density at radius 3 is 2.55 bits per heavy atom. The van der Waals surface area contributed by atoms with Crippen LogP contribution in [0.25, 0.3) is 0 Å². The minimum Gasteiger partial charge on any atom is -0.390 e. The van der Waals surface area contributed by atoms with Crippen molar-refractivity contribution in [1.82, 2.24) is 15.6 Å². The first kappa shape index (κ1) is 25.2. The first-order valence-electron chi connectivity index (χ1n) is 10.7. The maximum Gasteiger partial charge on any atom is 0.226 e. The van der Waals surface area contributed by atoms with Crippen LogP contribution in [0.4, 0.5) is 8.78 Å². The van der Waals surface area contributed by atoms with E-state index in [1.807, 2.05) is 12.1 Å². The van der Waals surface area contributed by atoms with E-state index in [2.05, 4.69) is 34.7 Å². The van der Waals surface area contributed by atoms with Gasteiger partial charge < -0.3 is 20.7 Å². The zero-order valence-electron chi connectivity index (χ0n) is 18.2. The Labute approximate surface area is 200 Å². The lowest BCUT2D eigenvalue weighted by Crippen LogP contribution is -2.49. The lowest BCUT2D eigenvalue weighted by Gasteiger charge is -2.25. The summed E-state index contributed by atoms with van der Waals surface area (Å²) in [6, 6.07) is 10.6. The molecule has 0 radical (unpaired) electrons. The molecule has 0 saturated heterocycles. The summed E-state index contributed by atoms with van der Waals surface area (Å²) in [4.78, 5) is 15.5. The standard InChI is InChI=1S/C24H27F2N3O2S2/c1-2-15-4-3-5-16(6-15)12-27-13-22(30)21(9-17-7-18(25)10-19(26)8-17)29-23(31)11-20-14-33-24(32)28-20/h3-8,10,14,21-22,27,30H,2,9,11-13H2,1H3,(H,28,32)(H,29,31)/t21-,22+/m0/s1. The van der Waals surface area contributed by atoms with Gasteiger partial charge in [0.25, 0.3) is 0 Å². The van der Waals surface area contributed by atoms with Gasteiger partial charge >= 0.3 is 0 Å². The number of aliphatic hydroxyl groups excluding tert-OH is 1. The molecule has 0 spiro atoms. The van der Waals surface area contributed by atoms with Gasteiger partial charge in [-0.1, -0.05) is 31.2 Å². The molecule has 0 aliphatic rings. The number of aromatic amines is 1. The smallest absolute Gasteiger partial charge is 0.226 e. The molecule has 9 heteroatoms. The van der Waals surface area contributed by atoms with Crippen molar-refractivity contribution < 1.29 is 18.7 Å². The Balaban J connectivity index is 1.66. The van der Waals surface area contributed by atoms with Crippen molar-refractivity contribution in [2.75, 3.05) is 6.54 Å². The summed E-state index contributed by atoms with van der Waals surface area (Å²) >= 11 is 6.37. The molecule has 5 nitrogen and oxygen atoms in total. The molecule has 0 saturated carbocycles. The fourth-order valence-electron chi connectivity index (χ4n) is 3.56. The van der Waals surface area contributed by atoms with E-state index in [9.17, 15) is 18.7 Å². The van der Waals surface area contributed by atoms with E-state index in [0.29, 0.717) is 21.8 Å². The van der Waals surface area contributed by atoms with Crippen LogP contribution in [-0.2, 0) is 30.6 Å². The quantitative estimate of drug-likeness (QED) is 0.305. The van der Waals surface area contributed by atoms with E-state index >= 15 is 0 Å². The number of H-pyrrole nitrogens is 1. The lowest BCUT2D eigenvalue weighted by atomic mass is 10.00. The van der Waals surface area contributed by atoms with Crippen LogP contribution in [0.3, 0.4) is 0 Å². The minimum absolute atomic E-state index is 0.0606. The average Bonchev–Trinajstić information content (AvgIpc) is 3.17. The number of hydrogen-bond donors (Lipinski definition) is 4. The number of benzene rings is 2. The van der Waals surface area contributed by atoms with Crippen molar-refractivity contribution in [3.05, 3.63) is 85.8 Å². The number of halogens is 2. The number of carbonyl (C=O) groups excluding carboxylic acids is 1. The van der Waals surface area contributed by atoms with Crippen LogP contribution >= 0.6 is 23.6 Å². The Hall–Kier alpha value is -2.46. The van der Waals surface area contributed by atoms with Gasteiger partial charge in [0.15, 0.2) is 3.95 Å². The third-order valence-corrected chi connectivity index (χ3v) is 6.30. The Morgan fingerprint density at radius 1 is 1.15 bits per heavy atom. The highest BCUT2D eigenvalue weighted by Crippen LogP contribution is 2.13. The summed E-state index contributed by atoms with van der Waals surface area (Å²) < 4.78 is 27.9. The molecule has 1 aromatic heterocycles. The van der Waals surface area contributed by atoms with Gasteiger partial charge in [-0.25, -0.2) is 8.78 Å². The van der Waals surface area contributed by atoms with Crippen molar-refractivity contribution in [3.8, 4) is 0 Å². The molecule has 1 amide bonds. The first-order chi connectivity index (χ1) is 15.8. The van der Waals surface area contributed by atoms with Crippen LogP contribution in [-0.4, -0.2) is 34.7 Å². The molecule has 0 fully saturated rings. The number of amides is 1. The molecule has 0 aliphatic heterocycles. The Bertz CT molecular complexity index is 1110. The van der Waals surface area contributed by atoms with Gasteiger partial charge in [0.2, 0.25) is 5.91 Å². The average molecular weight is 492 g/mol. The summed E-state index contributed by atoms with van der Waals surface area (Å²) in [5, 5.41) is 18.6. The molecule has 1 heterocycles. The molecule has 3 rings (SSSR count). The number of carbonyl (C=O) groups is 1. The molecular formula is C24H27F2N3O2S2. The summed E-state index contributed by atoms with van der Waals surface area (Å²) in [6.07, 6.45) is 0.0958. The topological polar surface area (TPSA) is 77.2 Å². The summed E-state index contributed by atoms with van der Waals surface area (Å²) in [7, 11) is 0. The predicted molar refractivity (Wildman–Crippen MR) is 129 cm³/mol. The van der Waals surface area contributed by atoms with Crippen LogP contribution in [0.15, 0.2) is 47.8 Å². The Morgan fingerprint density at radius 2 is 1.88 bits per heavy atom. The number of aliphatic hydroxyl groups is 1. The van der Waals surface area contributed by atoms with E-state index in [4.69, 9.17) is 12.2 Å². The largest absolute Gasteiger partial charge is 0.390 e. The molecule has 2 atom stereocenters. The SMILES string of the molecule is CCc1cccc(CNC[C@@H](O)[C@H](Cc2cc(F)cc(F)c2)NC(=O)Cc2csc(=S)[nH]2)c1. The lowest BCUT2D eigenvalue weighted by molar-refractivity contribution is -0.122. The van der Waals surface area contributed by atoms with Gasteiger partial charge in [0, 0.05) is 30.2 Å². The van der Waals surface area contributed by atoms with Crippen molar-refractivity contribution in [3.63, 3.8) is 0 Å². The molecule has 2 aromatic carbocycles. The van der Waals surface area contributed by atoms with Crippen molar-refractivity contribution >= 4 is 29.5 Å². The first-order valence-corrected chi connectivity index (χ1v) is 12.0. The second kappa shape index (κ2) is 12.1. The van der Waals surface area contributed by atoms with Gasteiger partial charge in [-0.05, 0) is 53.9 Å². The van der Waals surface area contributed by atoms with E-state index in [-0.39, 0.29) is 25.3 Å². The van der Waals surface area contributed by atoms with Gasteiger partial charge in [-0.15, -0.1) is 11.3 Å². The van der Waals surface area contributed by atoms with Crippen molar-refractivity contribution in [1.29, 1.82) is 0 Å². The van der Waals surface area contributed by atoms with Gasteiger partial charge in [-0.3, -0.25) is 4.79 Å². The summed E-state index contributed by atoms with van der Waals surface area (Å²) in [5.41, 5.74) is 3.33. The van der Waals surface area contributed by atoms with Crippen molar-refractivity contribution in [2.24, 2.45) is 0 Å². The zero-order chi connectivity index (χ0) is 23.8. The van der Waals surface area contributed by atoms with Crippen LogP contribution in [0, 0.1) is 15.6 Å². The van der Waals surface area contributed by atoms with Crippen LogP contribution < -0.4 is 10.6 Å². The number of thiazole rings is 1. The number of aryl methyl sites for hydroxylation is 1. The second-order valence-electron chi connectivity index (χ2n) is 7.88. The number of rotatable bonds is 11. The zero-order valence-corrected chi connectivity index (χ0v) is 19.9. The second-order valence-corrected chi connectivity index (χ2v) is 9.42. The maximum absolute atomic E-state index is 13.7. The number of nitrogens with one attached hydrogen (secondary N) is 3. The highest BCUT2D eigenvalue weighted by atomic mass is 32.1. The molecule has 3 aromatic rings. The number of aromatic nitrogens is 1. The maximum atomic E-state index is 13.7. The normalized spacial score (nSPS) is 13.0.